The monoisotopic (exact) mass is 547 g/mol. The summed E-state index contributed by atoms with van der Waals surface area (Å²) in [4.78, 5) is 50.1. The smallest absolute Gasteiger partial charge is 0.253 e. The molecule has 0 saturated carbocycles. The lowest BCUT2D eigenvalue weighted by molar-refractivity contribution is -0.130. The molecule has 0 spiro atoms. The van der Waals surface area contributed by atoms with Gasteiger partial charge < -0.3 is 15.2 Å². The van der Waals surface area contributed by atoms with Crippen LogP contribution in [0.15, 0.2) is 23.0 Å². The van der Waals surface area contributed by atoms with Gasteiger partial charge in [-0.05, 0) is 70.2 Å². The molecule has 0 radical (unpaired) electrons. The predicted molar refractivity (Wildman–Crippen MR) is 156 cm³/mol. The largest absolute Gasteiger partial charge is 0.348 e. The van der Waals surface area contributed by atoms with Crippen LogP contribution in [0.25, 0.3) is 5.57 Å². The molecule has 0 bridgehead atoms. The zero-order valence-corrected chi connectivity index (χ0v) is 24.3. The molecule has 5 heterocycles. The number of likely N-dealkylation sites (tertiary alicyclic amines) is 1. The molecule has 2 amide bonds. The molecular weight excluding hydrogens is 506 g/mol. The van der Waals surface area contributed by atoms with Crippen molar-refractivity contribution in [2.75, 3.05) is 31.2 Å². The molecule has 3 N–H and O–H groups in total. The van der Waals surface area contributed by atoms with E-state index in [-0.39, 0.29) is 30.0 Å². The first-order valence-electron chi connectivity index (χ1n) is 14.4. The highest BCUT2D eigenvalue weighted by Crippen LogP contribution is 2.33. The van der Waals surface area contributed by atoms with Gasteiger partial charge in [-0.1, -0.05) is 6.08 Å². The van der Waals surface area contributed by atoms with Crippen LogP contribution in [0.1, 0.15) is 78.5 Å². The number of amides is 2. The van der Waals surface area contributed by atoms with Gasteiger partial charge in [0.05, 0.1) is 5.69 Å². The molecule has 2 aromatic heterocycles. The number of hydrogen-bond acceptors (Lipinski definition) is 7. The molecule has 0 aromatic carbocycles. The molecule has 10 nitrogen and oxygen atoms in total. The number of aromatic nitrogens is 2. The lowest BCUT2D eigenvalue weighted by Crippen LogP contribution is -2.47. The zero-order valence-electron chi connectivity index (χ0n) is 24.3. The van der Waals surface area contributed by atoms with Crippen molar-refractivity contribution in [3.63, 3.8) is 0 Å². The summed E-state index contributed by atoms with van der Waals surface area (Å²) in [5.74, 6) is 0.747. The number of H-pyrrole nitrogens is 1. The number of piperidine rings is 1. The summed E-state index contributed by atoms with van der Waals surface area (Å²) >= 11 is 0. The van der Waals surface area contributed by atoms with Crippen molar-refractivity contribution in [3.8, 4) is 0 Å². The number of nitrogens with zero attached hydrogens (tertiary/aromatic N) is 4. The number of carbonyl (C=O) groups excluding carboxylic acids is 2. The molecule has 0 aliphatic carbocycles. The normalized spacial score (nSPS) is 18.2. The van der Waals surface area contributed by atoms with Crippen molar-refractivity contribution < 1.29 is 9.59 Å². The molecule has 1 saturated heterocycles. The maximum Gasteiger partial charge on any atom is 0.253 e. The van der Waals surface area contributed by atoms with Crippen LogP contribution >= 0.6 is 0 Å². The van der Waals surface area contributed by atoms with Gasteiger partial charge in [0.15, 0.2) is 0 Å². The summed E-state index contributed by atoms with van der Waals surface area (Å²) < 4.78 is 0. The Hall–Kier alpha value is -3.50. The number of rotatable bonds is 6. The zero-order chi connectivity index (χ0) is 28.6. The average molecular weight is 548 g/mol. The van der Waals surface area contributed by atoms with Gasteiger partial charge in [0, 0.05) is 80.7 Å². The number of fused-ring (bicyclic) bond motifs is 1. The lowest BCUT2D eigenvalue weighted by Gasteiger charge is -2.39. The van der Waals surface area contributed by atoms with Crippen LogP contribution in [0.2, 0.25) is 0 Å². The van der Waals surface area contributed by atoms with Gasteiger partial charge in [0.2, 0.25) is 5.91 Å². The minimum Gasteiger partial charge on any atom is -0.348 e. The van der Waals surface area contributed by atoms with Gasteiger partial charge in [-0.25, -0.2) is 10.4 Å². The van der Waals surface area contributed by atoms with E-state index in [2.05, 4.69) is 40.5 Å². The molecule has 0 atom stereocenters. The molecule has 10 heteroatoms. The minimum atomic E-state index is -0.207. The van der Waals surface area contributed by atoms with E-state index >= 15 is 0 Å². The van der Waals surface area contributed by atoms with Gasteiger partial charge in [0.25, 0.3) is 11.5 Å². The Kier molecular flexibility index (Phi) is 8.09. The molecule has 5 rings (SSSR count). The van der Waals surface area contributed by atoms with Crippen molar-refractivity contribution in [2.24, 2.45) is 0 Å². The van der Waals surface area contributed by atoms with E-state index in [1.807, 2.05) is 35.9 Å². The fourth-order valence-corrected chi connectivity index (χ4v) is 6.13. The summed E-state index contributed by atoms with van der Waals surface area (Å²) in [6.07, 6.45) is 5.10. The number of nitrogens with one attached hydrogen (secondary N) is 3. The fourth-order valence-electron chi connectivity index (χ4n) is 6.13. The summed E-state index contributed by atoms with van der Waals surface area (Å²) in [5, 5.41) is 5.02. The second-order valence-electron chi connectivity index (χ2n) is 11.5. The molecule has 214 valence electrons. The SMILES string of the molecule is CC(=O)N1CCC(N2CC=C(c3cc(C(=O)NCc4c(C)cc(C)[nH]c4=O)c4c(n3)N(C(C)C)NC4)CC2)CC1. The summed E-state index contributed by atoms with van der Waals surface area (Å²) in [6.45, 7) is 13.7. The van der Waals surface area contributed by atoms with Gasteiger partial charge in [-0.15, -0.1) is 0 Å². The van der Waals surface area contributed by atoms with Crippen molar-refractivity contribution in [1.29, 1.82) is 0 Å². The highest BCUT2D eigenvalue weighted by Gasteiger charge is 2.31. The topological polar surface area (TPSA) is 114 Å². The Morgan fingerprint density at radius 3 is 2.52 bits per heavy atom. The van der Waals surface area contributed by atoms with Crippen LogP contribution < -0.4 is 21.3 Å². The number of anilines is 1. The number of hydrazine groups is 1. The number of hydrogen-bond donors (Lipinski definition) is 3. The predicted octanol–water partition coefficient (Wildman–Crippen LogP) is 2.65. The minimum absolute atomic E-state index is 0.160. The van der Waals surface area contributed by atoms with Crippen LogP contribution in [0.3, 0.4) is 0 Å². The third-order valence-corrected chi connectivity index (χ3v) is 8.43. The van der Waals surface area contributed by atoms with Crippen molar-refractivity contribution in [3.05, 3.63) is 62.2 Å². The molecule has 40 heavy (non-hydrogen) atoms. The number of pyridine rings is 2. The third-order valence-electron chi connectivity index (χ3n) is 8.43. The van der Waals surface area contributed by atoms with Crippen molar-refractivity contribution in [1.82, 2.24) is 30.5 Å². The maximum atomic E-state index is 13.6. The average Bonchev–Trinajstić information content (AvgIpc) is 3.36. The van der Waals surface area contributed by atoms with Crippen LogP contribution in [0, 0.1) is 13.8 Å². The van der Waals surface area contributed by atoms with E-state index in [1.54, 1.807) is 6.92 Å². The van der Waals surface area contributed by atoms with Gasteiger partial charge in [-0.3, -0.25) is 24.3 Å². The Balaban J connectivity index is 1.37. The molecule has 1 fully saturated rings. The Morgan fingerprint density at radius 1 is 1.15 bits per heavy atom. The van der Waals surface area contributed by atoms with Crippen molar-refractivity contribution in [2.45, 2.75) is 79.1 Å². The molecular formula is C30H41N7O3. The van der Waals surface area contributed by atoms with Gasteiger partial charge >= 0.3 is 0 Å². The van der Waals surface area contributed by atoms with Gasteiger partial charge in [-0.2, -0.15) is 0 Å². The van der Waals surface area contributed by atoms with E-state index in [0.717, 1.165) is 79.3 Å². The first-order valence-corrected chi connectivity index (χ1v) is 14.4. The Morgan fingerprint density at radius 2 is 1.90 bits per heavy atom. The Labute approximate surface area is 235 Å². The standard InChI is InChI=1S/C30H41N7O3/c1-18(2)37-28-26(17-32-37)24(29(39)31-16-25-19(3)14-20(4)33-30(25)40)15-27(34-28)22-6-10-36(11-7-22)23-8-12-35(13-9-23)21(5)38/h6,14-15,18,23,32H,7-13,16-17H2,1-5H3,(H,31,39)(H,33,40). The van der Waals surface area contributed by atoms with E-state index in [0.29, 0.717) is 23.7 Å². The molecule has 3 aliphatic heterocycles. The van der Waals surface area contributed by atoms with Gasteiger partial charge in [0.1, 0.15) is 5.82 Å². The van der Waals surface area contributed by atoms with Crippen LogP contribution in [0.5, 0.6) is 0 Å². The lowest BCUT2D eigenvalue weighted by atomic mass is 9.96. The van der Waals surface area contributed by atoms with Crippen molar-refractivity contribution >= 4 is 23.2 Å². The van der Waals surface area contributed by atoms with Crippen LogP contribution in [-0.2, 0) is 17.9 Å². The summed E-state index contributed by atoms with van der Waals surface area (Å²) in [5.41, 5.74) is 8.89. The number of aromatic amines is 1. The first kappa shape index (κ1) is 28.0. The van der Waals surface area contributed by atoms with Crippen LogP contribution in [-0.4, -0.2) is 69.8 Å². The second kappa shape index (κ2) is 11.5. The van der Waals surface area contributed by atoms with Crippen LogP contribution in [0.4, 0.5) is 5.82 Å². The highest BCUT2D eigenvalue weighted by molar-refractivity contribution is 5.98. The first-order chi connectivity index (χ1) is 19.1. The molecule has 3 aliphatic rings. The maximum absolute atomic E-state index is 13.6. The van der Waals surface area contributed by atoms with E-state index in [9.17, 15) is 14.4 Å². The number of aryl methyl sites for hydroxylation is 2. The van der Waals surface area contributed by atoms with E-state index < -0.39 is 0 Å². The van der Waals surface area contributed by atoms with E-state index in [4.69, 9.17) is 4.98 Å². The summed E-state index contributed by atoms with van der Waals surface area (Å²) in [6, 6.07) is 4.49. The quantitative estimate of drug-likeness (QED) is 0.510. The number of carbonyl (C=O) groups is 2. The van der Waals surface area contributed by atoms with E-state index in [1.165, 1.54) is 0 Å². The fraction of sp³-hybridized carbons (Fsp3) is 0.533. The highest BCUT2D eigenvalue weighted by atomic mass is 16.2. The summed E-state index contributed by atoms with van der Waals surface area (Å²) in [7, 11) is 0. The third kappa shape index (κ3) is 5.69. The Bertz CT molecular complexity index is 1390. The molecule has 0 unspecified atom stereocenters. The second-order valence-corrected chi connectivity index (χ2v) is 11.5. The molecule has 2 aromatic rings.